The lowest BCUT2D eigenvalue weighted by molar-refractivity contribution is -0.122. The predicted molar refractivity (Wildman–Crippen MR) is 93.2 cm³/mol. The van der Waals surface area contributed by atoms with Crippen LogP contribution < -0.4 is 11.1 Å². The smallest absolute Gasteiger partial charge is 0.220 e. The lowest BCUT2D eigenvalue weighted by Gasteiger charge is -2.26. The van der Waals surface area contributed by atoms with E-state index in [9.17, 15) is 4.79 Å². The molecule has 0 aliphatic heterocycles. The van der Waals surface area contributed by atoms with Gasteiger partial charge in [0.2, 0.25) is 5.91 Å². The molecule has 5 heteroatoms. The van der Waals surface area contributed by atoms with Crippen molar-refractivity contribution >= 4 is 5.91 Å². The van der Waals surface area contributed by atoms with Crippen LogP contribution >= 0.6 is 0 Å². The van der Waals surface area contributed by atoms with Gasteiger partial charge < -0.3 is 11.1 Å². The summed E-state index contributed by atoms with van der Waals surface area (Å²) in [5, 5.41) is 7.79. The number of nitrogens with zero attached hydrogens (tertiary/aromatic N) is 2. The van der Waals surface area contributed by atoms with Gasteiger partial charge in [-0.25, -0.2) is 0 Å². The summed E-state index contributed by atoms with van der Waals surface area (Å²) < 4.78 is 2.08. The molecule has 3 N–H and O–H groups in total. The van der Waals surface area contributed by atoms with E-state index in [1.54, 1.807) is 0 Å². The maximum absolute atomic E-state index is 12.2. The number of hydrogen-bond acceptors (Lipinski definition) is 3. The molecule has 5 nitrogen and oxygen atoms in total. The molecule has 1 heterocycles. The summed E-state index contributed by atoms with van der Waals surface area (Å²) in [7, 11) is 0. The van der Waals surface area contributed by atoms with Crippen LogP contribution in [0.2, 0.25) is 0 Å². The lowest BCUT2D eigenvalue weighted by atomic mass is 9.91. The summed E-state index contributed by atoms with van der Waals surface area (Å²) >= 11 is 0. The SMILES string of the molecule is Cc1nn(CC(C)C)c(C)c1CCC(=O)NC1CCC(N)CC1. The zero-order valence-electron chi connectivity index (χ0n) is 15.1. The van der Waals surface area contributed by atoms with E-state index in [1.807, 2.05) is 6.92 Å². The Morgan fingerprint density at radius 3 is 2.57 bits per heavy atom. The van der Waals surface area contributed by atoms with E-state index < -0.39 is 0 Å². The van der Waals surface area contributed by atoms with Gasteiger partial charge in [-0.15, -0.1) is 0 Å². The number of amides is 1. The van der Waals surface area contributed by atoms with E-state index in [0.29, 0.717) is 24.4 Å². The highest BCUT2D eigenvalue weighted by Crippen LogP contribution is 2.18. The molecule has 0 atom stereocenters. The maximum Gasteiger partial charge on any atom is 0.220 e. The number of hydrogen-bond donors (Lipinski definition) is 2. The molecule has 1 fully saturated rings. The van der Waals surface area contributed by atoms with E-state index in [0.717, 1.165) is 44.3 Å². The molecule has 2 rings (SSSR count). The fraction of sp³-hybridized carbons (Fsp3) is 0.778. The van der Waals surface area contributed by atoms with Gasteiger partial charge in [-0.2, -0.15) is 5.10 Å². The second-order valence-electron chi connectivity index (χ2n) is 7.40. The topological polar surface area (TPSA) is 72.9 Å². The van der Waals surface area contributed by atoms with Gasteiger partial charge in [-0.05, 0) is 57.4 Å². The van der Waals surface area contributed by atoms with E-state index in [4.69, 9.17) is 5.73 Å². The fourth-order valence-corrected chi connectivity index (χ4v) is 3.42. The third-order valence-corrected chi connectivity index (χ3v) is 4.81. The molecule has 23 heavy (non-hydrogen) atoms. The van der Waals surface area contributed by atoms with Gasteiger partial charge >= 0.3 is 0 Å². The van der Waals surface area contributed by atoms with Gasteiger partial charge in [0.05, 0.1) is 5.69 Å². The van der Waals surface area contributed by atoms with Crippen molar-refractivity contribution in [2.24, 2.45) is 11.7 Å². The van der Waals surface area contributed by atoms with Crippen molar-refractivity contribution in [2.45, 2.75) is 84.8 Å². The number of aryl methyl sites for hydroxylation is 1. The summed E-state index contributed by atoms with van der Waals surface area (Å²) in [6, 6.07) is 0.633. The van der Waals surface area contributed by atoms with Crippen molar-refractivity contribution in [1.82, 2.24) is 15.1 Å². The maximum atomic E-state index is 12.2. The second-order valence-corrected chi connectivity index (χ2v) is 7.40. The van der Waals surface area contributed by atoms with Crippen LogP contribution in [0.25, 0.3) is 0 Å². The summed E-state index contributed by atoms with van der Waals surface area (Å²) in [4.78, 5) is 12.2. The minimum absolute atomic E-state index is 0.154. The first-order valence-corrected chi connectivity index (χ1v) is 8.94. The molecule has 0 bridgehead atoms. The molecule has 1 aliphatic carbocycles. The molecule has 0 saturated heterocycles. The number of nitrogens with one attached hydrogen (secondary N) is 1. The quantitative estimate of drug-likeness (QED) is 0.845. The van der Waals surface area contributed by atoms with Crippen molar-refractivity contribution in [3.05, 3.63) is 17.0 Å². The van der Waals surface area contributed by atoms with Gasteiger partial charge in [0, 0.05) is 30.7 Å². The van der Waals surface area contributed by atoms with Crippen molar-refractivity contribution < 1.29 is 4.79 Å². The Hall–Kier alpha value is -1.36. The summed E-state index contributed by atoms with van der Waals surface area (Å²) in [5.74, 6) is 0.725. The Balaban J connectivity index is 1.85. The number of aromatic nitrogens is 2. The fourth-order valence-electron chi connectivity index (χ4n) is 3.42. The average molecular weight is 320 g/mol. The zero-order chi connectivity index (χ0) is 17.0. The van der Waals surface area contributed by atoms with E-state index >= 15 is 0 Å². The third-order valence-electron chi connectivity index (χ3n) is 4.81. The molecular formula is C18H32N4O. The molecule has 1 saturated carbocycles. The van der Waals surface area contributed by atoms with Crippen LogP contribution in [0.4, 0.5) is 0 Å². The van der Waals surface area contributed by atoms with Crippen molar-refractivity contribution in [3.8, 4) is 0 Å². The normalized spacial score (nSPS) is 21.7. The highest BCUT2D eigenvalue weighted by molar-refractivity contribution is 5.76. The predicted octanol–water partition coefficient (Wildman–Crippen LogP) is 2.47. The number of rotatable bonds is 6. The Kier molecular flexibility index (Phi) is 6.22. The molecule has 0 radical (unpaired) electrons. The number of nitrogens with two attached hydrogens (primary N) is 1. The number of carbonyl (C=O) groups is 1. The van der Waals surface area contributed by atoms with Gasteiger partial charge in [-0.3, -0.25) is 9.48 Å². The third kappa shape index (κ3) is 5.06. The lowest BCUT2D eigenvalue weighted by Crippen LogP contribution is -2.40. The summed E-state index contributed by atoms with van der Waals surface area (Å²) in [6.45, 7) is 9.47. The molecule has 0 aromatic carbocycles. The molecule has 1 aromatic heterocycles. The van der Waals surface area contributed by atoms with Crippen molar-refractivity contribution in [1.29, 1.82) is 0 Å². The van der Waals surface area contributed by atoms with E-state index in [-0.39, 0.29) is 5.91 Å². The van der Waals surface area contributed by atoms with Crippen molar-refractivity contribution in [2.75, 3.05) is 0 Å². The van der Waals surface area contributed by atoms with Crippen LogP contribution in [0, 0.1) is 19.8 Å². The molecule has 0 spiro atoms. The van der Waals surface area contributed by atoms with Crippen LogP contribution in [-0.2, 0) is 17.8 Å². The van der Waals surface area contributed by atoms with Crippen LogP contribution in [0.5, 0.6) is 0 Å². The first-order valence-electron chi connectivity index (χ1n) is 8.94. The van der Waals surface area contributed by atoms with Crippen LogP contribution in [0.3, 0.4) is 0 Å². The first kappa shape index (κ1) is 18.0. The minimum atomic E-state index is 0.154. The summed E-state index contributed by atoms with van der Waals surface area (Å²) in [5.41, 5.74) is 9.40. The highest BCUT2D eigenvalue weighted by Gasteiger charge is 2.20. The minimum Gasteiger partial charge on any atom is -0.353 e. The Morgan fingerprint density at radius 2 is 1.96 bits per heavy atom. The van der Waals surface area contributed by atoms with E-state index in [1.165, 1.54) is 11.3 Å². The zero-order valence-corrected chi connectivity index (χ0v) is 15.1. The standard InChI is InChI=1S/C18H32N4O/c1-12(2)11-22-14(4)17(13(3)21-22)9-10-18(23)20-16-7-5-15(19)6-8-16/h12,15-16H,5-11,19H2,1-4H3,(H,20,23). The molecule has 1 amide bonds. The molecule has 130 valence electrons. The largest absolute Gasteiger partial charge is 0.353 e. The molecular weight excluding hydrogens is 288 g/mol. The van der Waals surface area contributed by atoms with E-state index in [2.05, 4.69) is 35.9 Å². The number of carbonyl (C=O) groups excluding carboxylic acids is 1. The Labute approximate surface area is 140 Å². The van der Waals surface area contributed by atoms with Crippen molar-refractivity contribution in [3.63, 3.8) is 0 Å². The van der Waals surface area contributed by atoms with Gasteiger partial charge in [-0.1, -0.05) is 13.8 Å². The molecule has 1 aromatic rings. The Morgan fingerprint density at radius 1 is 1.30 bits per heavy atom. The first-order chi connectivity index (χ1) is 10.9. The van der Waals surface area contributed by atoms with Crippen LogP contribution in [0.15, 0.2) is 0 Å². The van der Waals surface area contributed by atoms with Crippen LogP contribution in [0.1, 0.15) is 62.9 Å². The monoisotopic (exact) mass is 320 g/mol. The van der Waals surface area contributed by atoms with Gasteiger partial charge in [0.25, 0.3) is 0 Å². The van der Waals surface area contributed by atoms with Gasteiger partial charge in [0.1, 0.15) is 0 Å². The molecule has 1 aliphatic rings. The van der Waals surface area contributed by atoms with Crippen LogP contribution in [-0.4, -0.2) is 27.8 Å². The highest BCUT2D eigenvalue weighted by atomic mass is 16.1. The van der Waals surface area contributed by atoms with Gasteiger partial charge in [0.15, 0.2) is 0 Å². The Bertz CT molecular complexity index is 527. The molecule has 0 unspecified atom stereocenters. The average Bonchev–Trinajstić information content (AvgIpc) is 2.73. The second kappa shape index (κ2) is 7.95. The summed E-state index contributed by atoms with van der Waals surface area (Å²) in [6.07, 6.45) is 5.37.